The Bertz CT molecular complexity index is 310. The summed E-state index contributed by atoms with van der Waals surface area (Å²) in [4.78, 5) is 23.3. The SMILES string of the molecule is CCOC(=O)C1(NC(=O)OCC(C)C)CC(O)C1. The molecule has 6 nitrogen and oxygen atoms in total. The number of aliphatic hydroxyl groups excluding tert-OH is 1. The van der Waals surface area contributed by atoms with Crippen molar-refractivity contribution < 1.29 is 24.2 Å². The maximum absolute atomic E-state index is 11.8. The van der Waals surface area contributed by atoms with E-state index < -0.39 is 23.7 Å². The molecule has 0 saturated heterocycles. The summed E-state index contributed by atoms with van der Waals surface area (Å²) in [5, 5.41) is 11.8. The molecule has 0 heterocycles. The van der Waals surface area contributed by atoms with E-state index in [1.807, 2.05) is 13.8 Å². The third-order valence-corrected chi connectivity index (χ3v) is 2.72. The smallest absolute Gasteiger partial charge is 0.408 e. The van der Waals surface area contributed by atoms with Crippen molar-refractivity contribution in [2.45, 2.75) is 45.3 Å². The van der Waals surface area contributed by atoms with E-state index in [-0.39, 0.29) is 32.0 Å². The van der Waals surface area contributed by atoms with Gasteiger partial charge in [0.2, 0.25) is 0 Å². The number of ether oxygens (including phenoxy) is 2. The molecule has 0 unspecified atom stereocenters. The van der Waals surface area contributed by atoms with Crippen LogP contribution < -0.4 is 5.32 Å². The summed E-state index contributed by atoms with van der Waals surface area (Å²) in [7, 11) is 0. The highest BCUT2D eigenvalue weighted by Crippen LogP contribution is 2.33. The number of hydrogen-bond donors (Lipinski definition) is 2. The topological polar surface area (TPSA) is 84.9 Å². The van der Waals surface area contributed by atoms with E-state index in [0.717, 1.165) is 0 Å². The second-order valence-corrected chi connectivity index (χ2v) is 4.98. The predicted molar refractivity (Wildman–Crippen MR) is 63.9 cm³/mol. The molecular weight excluding hydrogens is 238 g/mol. The van der Waals surface area contributed by atoms with Crippen molar-refractivity contribution in [2.75, 3.05) is 13.2 Å². The number of carbonyl (C=O) groups excluding carboxylic acids is 2. The van der Waals surface area contributed by atoms with E-state index in [4.69, 9.17) is 9.47 Å². The minimum absolute atomic E-state index is 0.169. The average Bonchev–Trinajstić information content (AvgIpc) is 2.24. The highest BCUT2D eigenvalue weighted by atomic mass is 16.6. The molecule has 1 fully saturated rings. The van der Waals surface area contributed by atoms with Crippen molar-refractivity contribution in [3.63, 3.8) is 0 Å². The molecule has 0 atom stereocenters. The molecule has 0 bridgehead atoms. The van der Waals surface area contributed by atoms with E-state index in [0.29, 0.717) is 0 Å². The predicted octanol–water partition coefficient (Wildman–Crippen LogP) is 0.825. The van der Waals surface area contributed by atoms with Gasteiger partial charge in [0.25, 0.3) is 0 Å². The summed E-state index contributed by atoms with van der Waals surface area (Å²) in [6.07, 6.45) is -0.894. The molecule has 0 aromatic carbocycles. The second-order valence-electron chi connectivity index (χ2n) is 4.98. The normalized spacial score (nSPS) is 26.4. The van der Waals surface area contributed by atoms with Gasteiger partial charge in [-0.05, 0) is 12.8 Å². The van der Waals surface area contributed by atoms with Crippen LogP contribution in [-0.2, 0) is 14.3 Å². The molecule has 0 spiro atoms. The van der Waals surface area contributed by atoms with Crippen LogP contribution in [0.15, 0.2) is 0 Å². The van der Waals surface area contributed by atoms with Crippen molar-refractivity contribution >= 4 is 12.1 Å². The Hall–Kier alpha value is -1.30. The van der Waals surface area contributed by atoms with Crippen LogP contribution in [0.1, 0.15) is 33.6 Å². The van der Waals surface area contributed by atoms with Crippen LogP contribution in [0.3, 0.4) is 0 Å². The lowest BCUT2D eigenvalue weighted by Crippen LogP contribution is -2.64. The molecule has 1 amide bonds. The zero-order valence-corrected chi connectivity index (χ0v) is 11.1. The van der Waals surface area contributed by atoms with E-state index in [1.54, 1.807) is 6.92 Å². The van der Waals surface area contributed by atoms with Crippen LogP contribution in [0.4, 0.5) is 4.79 Å². The van der Waals surface area contributed by atoms with Gasteiger partial charge in [0, 0.05) is 12.8 Å². The van der Waals surface area contributed by atoms with Crippen LogP contribution in [0.2, 0.25) is 0 Å². The van der Waals surface area contributed by atoms with Crippen LogP contribution in [-0.4, -0.2) is 42.0 Å². The lowest BCUT2D eigenvalue weighted by Gasteiger charge is -2.42. The molecule has 18 heavy (non-hydrogen) atoms. The third kappa shape index (κ3) is 3.60. The molecule has 6 heteroatoms. The molecule has 1 aliphatic carbocycles. The van der Waals surface area contributed by atoms with Gasteiger partial charge in [-0.1, -0.05) is 13.8 Å². The molecule has 0 aliphatic heterocycles. The van der Waals surface area contributed by atoms with Gasteiger partial charge in [0.1, 0.15) is 5.54 Å². The van der Waals surface area contributed by atoms with Crippen LogP contribution in [0, 0.1) is 5.92 Å². The average molecular weight is 259 g/mol. The summed E-state index contributed by atoms with van der Waals surface area (Å²) in [5.74, 6) is -0.293. The maximum atomic E-state index is 11.8. The first-order valence-electron chi connectivity index (χ1n) is 6.20. The first kappa shape index (κ1) is 14.8. The number of rotatable bonds is 5. The molecule has 0 aromatic heterocycles. The molecule has 1 rings (SSSR count). The number of aliphatic hydroxyl groups is 1. The fourth-order valence-corrected chi connectivity index (χ4v) is 1.81. The summed E-state index contributed by atoms with van der Waals surface area (Å²) in [5.41, 5.74) is -1.12. The van der Waals surface area contributed by atoms with Crippen molar-refractivity contribution in [1.82, 2.24) is 5.32 Å². The van der Waals surface area contributed by atoms with Gasteiger partial charge >= 0.3 is 12.1 Å². The molecule has 0 aromatic rings. The second kappa shape index (κ2) is 6.04. The largest absolute Gasteiger partial charge is 0.464 e. The quantitative estimate of drug-likeness (QED) is 0.714. The third-order valence-electron chi connectivity index (χ3n) is 2.72. The van der Waals surface area contributed by atoms with Crippen molar-refractivity contribution in [3.05, 3.63) is 0 Å². The number of nitrogens with one attached hydrogen (secondary N) is 1. The maximum Gasteiger partial charge on any atom is 0.408 e. The zero-order chi connectivity index (χ0) is 13.8. The fourth-order valence-electron chi connectivity index (χ4n) is 1.81. The minimum atomic E-state index is -1.12. The number of alkyl carbamates (subject to hydrolysis) is 1. The van der Waals surface area contributed by atoms with Crippen molar-refractivity contribution in [2.24, 2.45) is 5.92 Å². The van der Waals surface area contributed by atoms with Crippen molar-refractivity contribution in [3.8, 4) is 0 Å². The monoisotopic (exact) mass is 259 g/mol. The number of carbonyl (C=O) groups is 2. The van der Waals surface area contributed by atoms with Gasteiger partial charge < -0.3 is 19.9 Å². The van der Waals surface area contributed by atoms with E-state index in [2.05, 4.69) is 5.32 Å². The Kier molecular flexibility index (Phi) is 4.95. The first-order valence-corrected chi connectivity index (χ1v) is 6.20. The van der Waals surface area contributed by atoms with E-state index in [9.17, 15) is 14.7 Å². The first-order chi connectivity index (χ1) is 8.39. The van der Waals surface area contributed by atoms with Gasteiger partial charge in [0.15, 0.2) is 0 Å². The fraction of sp³-hybridized carbons (Fsp3) is 0.833. The zero-order valence-electron chi connectivity index (χ0n) is 11.1. The lowest BCUT2D eigenvalue weighted by atomic mass is 9.74. The Morgan fingerprint density at radius 1 is 1.39 bits per heavy atom. The van der Waals surface area contributed by atoms with Crippen LogP contribution >= 0.6 is 0 Å². The van der Waals surface area contributed by atoms with Gasteiger partial charge in [-0.15, -0.1) is 0 Å². The highest BCUT2D eigenvalue weighted by Gasteiger charge is 2.52. The van der Waals surface area contributed by atoms with Crippen LogP contribution in [0.25, 0.3) is 0 Å². The van der Waals surface area contributed by atoms with Gasteiger partial charge in [-0.25, -0.2) is 9.59 Å². The lowest BCUT2D eigenvalue weighted by molar-refractivity contribution is -0.160. The standard InChI is InChI=1S/C12H21NO5/c1-4-17-10(15)12(5-9(14)6-12)13-11(16)18-7-8(2)3/h8-9,14H,4-7H2,1-3H3,(H,13,16). The van der Waals surface area contributed by atoms with E-state index in [1.165, 1.54) is 0 Å². The Morgan fingerprint density at radius 2 is 2.00 bits per heavy atom. The molecule has 1 aliphatic rings. The summed E-state index contributed by atoms with van der Waals surface area (Å²) in [6, 6.07) is 0. The van der Waals surface area contributed by atoms with Crippen LogP contribution in [0.5, 0.6) is 0 Å². The molecule has 1 saturated carbocycles. The Morgan fingerprint density at radius 3 is 2.44 bits per heavy atom. The van der Waals surface area contributed by atoms with Gasteiger partial charge in [0.05, 0.1) is 19.3 Å². The van der Waals surface area contributed by atoms with Gasteiger partial charge in [-0.3, -0.25) is 0 Å². The van der Waals surface area contributed by atoms with E-state index >= 15 is 0 Å². The summed E-state index contributed by atoms with van der Waals surface area (Å²) in [6.45, 7) is 6.05. The number of amides is 1. The summed E-state index contributed by atoms with van der Waals surface area (Å²) >= 11 is 0. The Balaban J connectivity index is 2.53. The van der Waals surface area contributed by atoms with Crippen molar-refractivity contribution in [1.29, 1.82) is 0 Å². The molecule has 2 N–H and O–H groups in total. The number of esters is 1. The summed E-state index contributed by atoms with van der Waals surface area (Å²) < 4.78 is 9.86. The Labute approximate surface area is 107 Å². The minimum Gasteiger partial charge on any atom is -0.464 e. The molecule has 0 radical (unpaired) electrons. The molecule has 104 valence electrons. The number of hydrogen-bond acceptors (Lipinski definition) is 5. The highest BCUT2D eigenvalue weighted by molar-refractivity contribution is 5.87. The molecular formula is C12H21NO5. The van der Waals surface area contributed by atoms with Gasteiger partial charge in [-0.2, -0.15) is 0 Å².